The van der Waals surface area contributed by atoms with Crippen LogP contribution in [0.4, 0.5) is 0 Å². The molecular formula is C8H6N2O2. The molecule has 0 aliphatic heterocycles. The first-order valence-electron chi connectivity index (χ1n) is 3.44. The van der Waals surface area contributed by atoms with Crippen LogP contribution in [0.5, 0.6) is 0 Å². The number of aromatic amines is 1. The van der Waals surface area contributed by atoms with Crippen LogP contribution >= 0.6 is 0 Å². The van der Waals surface area contributed by atoms with Gasteiger partial charge >= 0.3 is 0 Å². The minimum atomic E-state index is 0.325. The highest BCUT2D eigenvalue weighted by Gasteiger charge is 2.03. The number of rotatable bonds is 2. The number of furan rings is 1. The first-order chi connectivity index (χ1) is 5.90. The summed E-state index contributed by atoms with van der Waals surface area (Å²) in [6.45, 7) is 0. The van der Waals surface area contributed by atoms with Gasteiger partial charge in [0.15, 0.2) is 12.0 Å². The van der Waals surface area contributed by atoms with Crippen molar-refractivity contribution in [1.82, 2.24) is 10.2 Å². The number of carbonyl (C=O) groups excluding carboxylic acids is 1. The highest BCUT2D eigenvalue weighted by molar-refractivity contribution is 5.72. The maximum Gasteiger partial charge on any atom is 0.185 e. The molecule has 0 aliphatic carbocycles. The van der Waals surface area contributed by atoms with Gasteiger partial charge < -0.3 is 4.42 Å². The number of nitrogens with zero attached hydrogens (tertiary/aromatic N) is 1. The summed E-state index contributed by atoms with van der Waals surface area (Å²) < 4.78 is 5.15. The van der Waals surface area contributed by atoms with Crippen molar-refractivity contribution in [3.8, 4) is 11.3 Å². The third-order valence-electron chi connectivity index (χ3n) is 1.53. The Morgan fingerprint density at radius 3 is 3.00 bits per heavy atom. The first kappa shape index (κ1) is 6.84. The Hall–Kier alpha value is -1.84. The molecule has 0 fully saturated rings. The van der Waals surface area contributed by atoms with E-state index in [4.69, 9.17) is 4.42 Å². The number of carbonyl (C=O) groups is 1. The highest BCUT2D eigenvalue weighted by atomic mass is 16.3. The fourth-order valence-corrected chi connectivity index (χ4v) is 0.957. The summed E-state index contributed by atoms with van der Waals surface area (Å²) in [5.41, 5.74) is 0.836. The zero-order chi connectivity index (χ0) is 8.39. The molecule has 12 heavy (non-hydrogen) atoms. The molecule has 0 saturated carbocycles. The van der Waals surface area contributed by atoms with Gasteiger partial charge in [-0.25, -0.2) is 0 Å². The van der Waals surface area contributed by atoms with Crippen molar-refractivity contribution in [1.29, 1.82) is 0 Å². The molecule has 2 rings (SSSR count). The molecule has 0 atom stereocenters. The monoisotopic (exact) mass is 162 g/mol. The molecule has 2 aromatic heterocycles. The Kier molecular flexibility index (Phi) is 1.51. The van der Waals surface area contributed by atoms with Crippen molar-refractivity contribution >= 4 is 6.29 Å². The summed E-state index contributed by atoms with van der Waals surface area (Å²) in [7, 11) is 0. The van der Waals surface area contributed by atoms with E-state index in [0.717, 1.165) is 5.56 Å². The molecule has 0 saturated heterocycles. The number of hydrogen-bond donors (Lipinski definition) is 1. The van der Waals surface area contributed by atoms with E-state index in [-0.39, 0.29) is 0 Å². The van der Waals surface area contributed by atoms with Crippen LogP contribution < -0.4 is 0 Å². The van der Waals surface area contributed by atoms with Gasteiger partial charge in [0, 0.05) is 6.20 Å². The maximum absolute atomic E-state index is 10.3. The van der Waals surface area contributed by atoms with Crippen molar-refractivity contribution in [2.45, 2.75) is 0 Å². The second-order valence-corrected chi connectivity index (χ2v) is 2.31. The summed E-state index contributed by atoms with van der Waals surface area (Å²) in [5.74, 6) is 0.969. The molecule has 0 unspecified atom stereocenters. The average Bonchev–Trinajstić information content (AvgIpc) is 2.75. The molecule has 0 amide bonds. The lowest BCUT2D eigenvalue weighted by molar-refractivity contribution is 0.110. The van der Waals surface area contributed by atoms with Gasteiger partial charge in [-0.05, 0) is 12.1 Å². The molecule has 0 spiro atoms. The van der Waals surface area contributed by atoms with Crippen LogP contribution in [-0.4, -0.2) is 16.5 Å². The van der Waals surface area contributed by atoms with E-state index in [1.807, 2.05) is 0 Å². The van der Waals surface area contributed by atoms with E-state index in [1.54, 1.807) is 24.5 Å². The summed E-state index contributed by atoms with van der Waals surface area (Å²) in [4.78, 5) is 10.3. The van der Waals surface area contributed by atoms with Crippen molar-refractivity contribution in [3.05, 3.63) is 30.3 Å². The lowest BCUT2D eigenvalue weighted by atomic mass is 10.3. The molecule has 60 valence electrons. The highest BCUT2D eigenvalue weighted by Crippen LogP contribution is 2.19. The van der Waals surface area contributed by atoms with Crippen LogP contribution in [0.3, 0.4) is 0 Å². The summed E-state index contributed by atoms with van der Waals surface area (Å²) in [6.07, 6.45) is 4.00. The van der Waals surface area contributed by atoms with Crippen LogP contribution in [-0.2, 0) is 0 Å². The maximum atomic E-state index is 10.3. The number of H-pyrrole nitrogens is 1. The number of hydrogen-bond acceptors (Lipinski definition) is 3. The van der Waals surface area contributed by atoms with E-state index in [9.17, 15) is 4.79 Å². The van der Waals surface area contributed by atoms with Crippen molar-refractivity contribution in [3.63, 3.8) is 0 Å². The zero-order valence-corrected chi connectivity index (χ0v) is 6.15. The number of aldehydes is 1. The van der Waals surface area contributed by atoms with Gasteiger partial charge in [0.05, 0.1) is 11.8 Å². The third kappa shape index (κ3) is 1.03. The van der Waals surface area contributed by atoms with Gasteiger partial charge in [-0.15, -0.1) is 0 Å². The SMILES string of the molecule is O=Cc1ccc(-c2cn[nH]c2)o1. The molecule has 0 radical (unpaired) electrons. The summed E-state index contributed by atoms with van der Waals surface area (Å²) >= 11 is 0. The molecule has 0 aromatic carbocycles. The summed E-state index contributed by atoms with van der Waals surface area (Å²) in [6, 6.07) is 3.35. The zero-order valence-electron chi connectivity index (χ0n) is 6.15. The molecule has 0 bridgehead atoms. The van der Waals surface area contributed by atoms with Gasteiger partial charge in [0.25, 0.3) is 0 Å². The van der Waals surface area contributed by atoms with Gasteiger partial charge in [-0.1, -0.05) is 0 Å². The van der Waals surface area contributed by atoms with Gasteiger partial charge in [0.1, 0.15) is 5.76 Å². The van der Waals surface area contributed by atoms with Crippen LogP contribution in [0.15, 0.2) is 28.9 Å². The number of nitrogens with one attached hydrogen (secondary N) is 1. The van der Waals surface area contributed by atoms with Crippen LogP contribution in [0, 0.1) is 0 Å². The minimum Gasteiger partial charge on any atom is -0.453 e. The predicted molar refractivity (Wildman–Crippen MR) is 41.7 cm³/mol. The van der Waals surface area contributed by atoms with Gasteiger partial charge in [0.2, 0.25) is 0 Å². The lowest BCUT2D eigenvalue weighted by Gasteiger charge is -1.85. The molecular weight excluding hydrogens is 156 g/mol. The molecule has 4 heteroatoms. The second kappa shape index (κ2) is 2.65. The first-order valence-corrected chi connectivity index (χ1v) is 3.44. The van der Waals surface area contributed by atoms with E-state index in [2.05, 4.69) is 10.2 Å². The Bertz CT molecular complexity index is 375. The van der Waals surface area contributed by atoms with Gasteiger partial charge in [-0.3, -0.25) is 9.89 Å². The third-order valence-corrected chi connectivity index (χ3v) is 1.53. The van der Waals surface area contributed by atoms with E-state index in [1.165, 1.54) is 0 Å². The Morgan fingerprint density at radius 2 is 2.42 bits per heavy atom. The van der Waals surface area contributed by atoms with E-state index < -0.39 is 0 Å². The fraction of sp³-hybridized carbons (Fsp3) is 0. The fourth-order valence-electron chi connectivity index (χ4n) is 0.957. The lowest BCUT2D eigenvalue weighted by Crippen LogP contribution is -1.68. The molecule has 4 nitrogen and oxygen atoms in total. The van der Waals surface area contributed by atoms with E-state index >= 15 is 0 Å². The van der Waals surface area contributed by atoms with Crippen molar-refractivity contribution in [2.75, 3.05) is 0 Å². The second-order valence-electron chi connectivity index (χ2n) is 2.31. The van der Waals surface area contributed by atoms with Crippen molar-refractivity contribution in [2.24, 2.45) is 0 Å². The van der Waals surface area contributed by atoms with Gasteiger partial charge in [-0.2, -0.15) is 5.10 Å². The molecule has 1 N–H and O–H groups in total. The smallest absolute Gasteiger partial charge is 0.185 e. The number of aromatic nitrogens is 2. The predicted octanol–water partition coefficient (Wildman–Crippen LogP) is 1.48. The van der Waals surface area contributed by atoms with Crippen LogP contribution in [0.1, 0.15) is 10.6 Å². The minimum absolute atomic E-state index is 0.325. The standard InChI is InChI=1S/C8H6N2O2/c11-5-7-1-2-8(12-7)6-3-9-10-4-6/h1-5H,(H,9,10). The van der Waals surface area contributed by atoms with Crippen LogP contribution in [0.25, 0.3) is 11.3 Å². The van der Waals surface area contributed by atoms with Crippen LogP contribution in [0.2, 0.25) is 0 Å². The topological polar surface area (TPSA) is 58.9 Å². The molecule has 0 aliphatic rings. The molecule has 2 aromatic rings. The largest absolute Gasteiger partial charge is 0.453 e. The average molecular weight is 162 g/mol. The quantitative estimate of drug-likeness (QED) is 0.680. The Balaban J connectivity index is 2.41. The molecule has 2 heterocycles. The Labute approximate surface area is 68.2 Å². The normalized spacial score (nSPS) is 10.0. The Morgan fingerprint density at radius 1 is 1.50 bits per heavy atom. The van der Waals surface area contributed by atoms with Crippen molar-refractivity contribution < 1.29 is 9.21 Å². The van der Waals surface area contributed by atoms with E-state index in [0.29, 0.717) is 17.8 Å². The summed E-state index contributed by atoms with van der Waals surface area (Å²) in [5, 5.41) is 6.42.